The highest BCUT2D eigenvalue weighted by atomic mass is 16.5. The van der Waals surface area contributed by atoms with E-state index < -0.39 is 0 Å². The third-order valence-electron chi connectivity index (χ3n) is 3.70. The van der Waals surface area contributed by atoms with E-state index in [-0.39, 0.29) is 0 Å². The molecule has 0 atom stereocenters. The van der Waals surface area contributed by atoms with E-state index >= 15 is 0 Å². The van der Waals surface area contributed by atoms with Gasteiger partial charge >= 0.3 is 0 Å². The van der Waals surface area contributed by atoms with Crippen LogP contribution in [-0.4, -0.2) is 29.1 Å². The summed E-state index contributed by atoms with van der Waals surface area (Å²) < 4.78 is 5.35. The van der Waals surface area contributed by atoms with Crippen LogP contribution in [0.5, 0.6) is 0 Å². The molecule has 1 aliphatic rings. The number of benzene rings is 1. The van der Waals surface area contributed by atoms with Gasteiger partial charge in [-0.05, 0) is 19.3 Å². The Balaban J connectivity index is 1.64. The summed E-state index contributed by atoms with van der Waals surface area (Å²) in [7, 11) is 0. The third kappa shape index (κ3) is 3.42. The van der Waals surface area contributed by atoms with Crippen molar-refractivity contribution in [1.29, 1.82) is 0 Å². The maximum absolute atomic E-state index is 6.03. The number of nitrogens with two attached hydrogens (primary N) is 1. The van der Waals surface area contributed by atoms with Gasteiger partial charge in [0.25, 0.3) is 0 Å². The number of hydrogen-bond acceptors (Lipinski definition) is 3. The summed E-state index contributed by atoms with van der Waals surface area (Å²) in [6.07, 6.45) is 3.67. The second-order valence-corrected chi connectivity index (χ2v) is 5.27. The van der Waals surface area contributed by atoms with Crippen LogP contribution in [0.2, 0.25) is 0 Å². The molecule has 0 saturated carbocycles. The molecule has 110 valence electrons. The zero-order valence-electron chi connectivity index (χ0n) is 12.0. The lowest BCUT2D eigenvalue weighted by molar-refractivity contribution is 0.338. The van der Waals surface area contributed by atoms with Crippen molar-refractivity contribution < 1.29 is 4.52 Å². The monoisotopic (exact) mass is 284 g/mol. The number of aliphatic imine (C=N–C) groups is 1. The van der Waals surface area contributed by atoms with Crippen LogP contribution in [0.25, 0.3) is 11.3 Å². The van der Waals surface area contributed by atoms with Crippen LogP contribution in [0.4, 0.5) is 0 Å². The Morgan fingerprint density at radius 3 is 2.71 bits per heavy atom. The molecule has 2 N–H and O–H groups in total. The standard InChI is InChI=1S/C16H20N4O/c17-16(20-9-5-2-6-10-20)18-12-14-11-15(21-19-14)13-7-3-1-4-8-13/h1,3-4,7-8,11H,2,5-6,9-10,12H2,(H2,17,18). The Labute approximate surface area is 124 Å². The van der Waals surface area contributed by atoms with Crippen molar-refractivity contribution >= 4 is 5.96 Å². The summed E-state index contributed by atoms with van der Waals surface area (Å²) in [6.45, 7) is 2.46. The van der Waals surface area contributed by atoms with E-state index in [1.165, 1.54) is 19.3 Å². The average molecular weight is 284 g/mol. The lowest BCUT2D eigenvalue weighted by Crippen LogP contribution is -2.40. The molecule has 1 fully saturated rings. The Hall–Kier alpha value is -2.30. The predicted octanol–water partition coefficient (Wildman–Crippen LogP) is 2.64. The first-order valence-electron chi connectivity index (χ1n) is 7.39. The van der Waals surface area contributed by atoms with Crippen molar-refractivity contribution in [3.8, 4) is 11.3 Å². The molecule has 0 unspecified atom stereocenters. The van der Waals surface area contributed by atoms with Crippen molar-refractivity contribution in [2.45, 2.75) is 25.8 Å². The number of piperidine rings is 1. The van der Waals surface area contributed by atoms with Gasteiger partial charge in [-0.25, -0.2) is 4.99 Å². The van der Waals surface area contributed by atoms with Crippen LogP contribution in [0.1, 0.15) is 25.0 Å². The zero-order chi connectivity index (χ0) is 14.5. The van der Waals surface area contributed by atoms with Crippen LogP contribution in [-0.2, 0) is 6.54 Å². The van der Waals surface area contributed by atoms with Crippen molar-refractivity contribution in [3.63, 3.8) is 0 Å². The fourth-order valence-corrected chi connectivity index (χ4v) is 2.51. The highest BCUT2D eigenvalue weighted by molar-refractivity contribution is 5.78. The molecule has 1 aliphatic heterocycles. The topological polar surface area (TPSA) is 67.6 Å². The molecular weight excluding hydrogens is 264 g/mol. The van der Waals surface area contributed by atoms with Crippen molar-refractivity contribution in [2.24, 2.45) is 10.7 Å². The molecule has 0 bridgehead atoms. The van der Waals surface area contributed by atoms with Crippen LogP contribution >= 0.6 is 0 Å². The summed E-state index contributed by atoms with van der Waals surface area (Å²) in [4.78, 5) is 6.56. The number of nitrogens with zero attached hydrogens (tertiary/aromatic N) is 3. The van der Waals surface area contributed by atoms with Gasteiger partial charge in [-0.15, -0.1) is 0 Å². The van der Waals surface area contributed by atoms with Crippen LogP contribution < -0.4 is 5.73 Å². The fourth-order valence-electron chi connectivity index (χ4n) is 2.51. The molecule has 2 heterocycles. The van der Waals surface area contributed by atoms with Gasteiger partial charge in [0, 0.05) is 24.7 Å². The van der Waals surface area contributed by atoms with Gasteiger partial charge in [0.2, 0.25) is 0 Å². The normalized spacial score (nSPS) is 16.2. The minimum absolute atomic E-state index is 0.457. The maximum atomic E-state index is 6.03. The molecule has 1 aromatic heterocycles. The molecule has 2 aromatic rings. The minimum Gasteiger partial charge on any atom is -0.370 e. The van der Waals surface area contributed by atoms with Gasteiger partial charge in [-0.3, -0.25) is 0 Å². The molecule has 0 spiro atoms. The van der Waals surface area contributed by atoms with E-state index in [4.69, 9.17) is 10.3 Å². The number of aromatic nitrogens is 1. The fraction of sp³-hybridized carbons (Fsp3) is 0.375. The summed E-state index contributed by atoms with van der Waals surface area (Å²) in [5, 5.41) is 4.05. The summed E-state index contributed by atoms with van der Waals surface area (Å²) in [5.41, 5.74) is 7.85. The molecule has 0 amide bonds. The van der Waals surface area contributed by atoms with Gasteiger partial charge in [-0.1, -0.05) is 35.5 Å². The molecule has 3 rings (SSSR count). The second-order valence-electron chi connectivity index (χ2n) is 5.27. The second kappa shape index (κ2) is 6.43. The number of guanidine groups is 1. The molecule has 1 saturated heterocycles. The summed E-state index contributed by atoms with van der Waals surface area (Å²) >= 11 is 0. The molecule has 5 nitrogen and oxygen atoms in total. The van der Waals surface area contributed by atoms with Gasteiger partial charge < -0.3 is 15.2 Å². The lowest BCUT2D eigenvalue weighted by atomic mass is 10.1. The van der Waals surface area contributed by atoms with Gasteiger partial charge in [0.15, 0.2) is 11.7 Å². The molecule has 1 aromatic carbocycles. The quantitative estimate of drug-likeness (QED) is 0.695. The Bertz CT molecular complexity index is 600. The van der Waals surface area contributed by atoms with Crippen molar-refractivity contribution in [2.75, 3.05) is 13.1 Å². The van der Waals surface area contributed by atoms with Crippen LogP contribution in [0, 0.1) is 0 Å². The Morgan fingerprint density at radius 1 is 1.19 bits per heavy atom. The van der Waals surface area contributed by atoms with E-state index in [0.717, 1.165) is 30.1 Å². The van der Waals surface area contributed by atoms with Crippen molar-refractivity contribution in [1.82, 2.24) is 10.1 Å². The number of likely N-dealkylation sites (tertiary alicyclic amines) is 1. The largest absolute Gasteiger partial charge is 0.370 e. The van der Waals surface area contributed by atoms with E-state index in [1.54, 1.807) is 0 Å². The van der Waals surface area contributed by atoms with Gasteiger partial charge in [0.1, 0.15) is 5.69 Å². The first-order valence-corrected chi connectivity index (χ1v) is 7.39. The van der Waals surface area contributed by atoms with E-state index in [1.807, 2.05) is 36.4 Å². The molecule has 5 heteroatoms. The van der Waals surface area contributed by atoms with Crippen molar-refractivity contribution in [3.05, 3.63) is 42.1 Å². The zero-order valence-corrected chi connectivity index (χ0v) is 12.0. The van der Waals surface area contributed by atoms with Gasteiger partial charge in [-0.2, -0.15) is 0 Å². The highest BCUT2D eigenvalue weighted by Crippen LogP contribution is 2.20. The van der Waals surface area contributed by atoms with Crippen LogP contribution in [0.3, 0.4) is 0 Å². The van der Waals surface area contributed by atoms with Gasteiger partial charge in [0.05, 0.1) is 6.54 Å². The highest BCUT2D eigenvalue weighted by Gasteiger charge is 2.12. The summed E-state index contributed by atoms with van der Waals surface area (Å²) in [6, 6.07) is 11.8. The van der Waals surface area contributed by atoms with E-state index in [0.29, 0.717) is 12.5 Å². The Morgan fingerprint density at radius 2 is 1.95 bits per heavy atom. The van der Waals surface area contributed by atoms with E-state index in [2.05, 4.69) is 15.0 Å². The SMILES string of the molecule is NC(=NCc1cc(-c2ccccc2)on1)N1CCCCC1. The molecular formula is C16H20N4O. The molecule has 21 heavy (non-hydrogen) atoms. The first-order chi connectivity index (χ1) is 10.3. The third-order valence-corrected chi connectivity index (χ3v) is 3.70. The predicted molar refractivity (Wildman–Crippen MR) is 82.7 cm³/mol. The first kappa shape index (κ1) is 13.7. The number of hydrogen-bond donors (Lipinski definition) is 1. The smallest absolute Gasteiger partial charge is 0.191 e. The maximum Gasteiger partial charge on any atom is 0.191 e. The lowest BCUT2D eigenvalue weighted by Gasteiger charge is -2.27. The molecule has 0 radical (unpaired) electrons. The Kier molecular flexibility index (Phi) is 4.19. The average Bonchev–Trinajstić information content (AvgIpc) is 3.03. The molecule has 0 aliphatic carbocycles. The van der Waals surface area contributed by atoms with E-state index in [9.17, 15) is 0 Å². The summed E-state index contributed by atoms with van der Waals surface area (Å²) in [5.74, 6) is 1.37. The van der Waals surface area contributed by atoms with Crippen LogP contribution in [0.15, 0.2) is 45.9 Å². The number of rotatable bonds is 3. The minimum atomic E-state index is 0.457.